The second-order valence-electron chi connectivity index (χ2n) is 5.64. The first-order valence-electron chi connectivity index (χ1n) is 8.09. The first kappa shape index (κ1) is 17.6. The second kappa shape index (κ2) is 7.77. The van der Waals surface area contributed by atoms with E-state index >= 15 is 0 Å². The number of hydrogen-bond donors (Lipinski definition) is 1. The number of aliphatic imine (C=N–C) groups is 1. The lowest BCUT2D eigenvalue weighted by Crippen LogP contribution is -2.44. The number of benzene rings is 1. The van der Waals surface area contributed by atoms with Gasteiger partial charge in [0, 0.05) is 11.5 Å². The molecule has 2 aliphatic heterocycles. The molecule has 2 amide bonds. The molecule has 2 heterocycles. The fraction of sp³-hybridized carbons (Fsp3) is 0.471. The van der Waals surface area contributed by atoms with Crippen LogP contribution < -0.4 is 14.8 Å². The number of hydrogen-bond acceptors (Lipinski definition) is 6. The number of nitrogens with one attached hydrogen (secondary N) is 1. The lowest BCUT2D eigenvalue weighted by Gasteiger charge is -2.29. The standard InChI is InChI=1S/C17H20N2O5S/c1-3-25-7-6-22-16(20)14-10(2)18-17(21)19-15(14)11-4-5-12-13(8-11)24-9-23-12/h4-5,8,14-15H,3,6-7,9H2,1-2H3,(H,19,21). The fourth-order valence-corrected chi connectivity index (χ4v) is 3.33. The SMILES string of the molecule is CCSCCOC(=O)C1C(C)=NC(=O)NC1c1ccc2c(c1)OCO2. The van der Waals surface area contributed by atoms with Crippen molar-refractivity contribution in [3.05, 3.63) is 23.8 Å². The summed E-state index contributed by atoms with van der Waals surface area (Å²) in [4.78, 5) is 28.3. The van der Waals surface area contributed by atoms with E-state index < -0.39 is 18.0 Å². The Morgan fingerprint density at radius 2 is 2.20 bits per heavy atom. The minimum absolute atomic E-state index is 0.164. The highest BCUT2D eigenvalue weighted by molar-refractivity contribution is 7.99. The van der Waals surface area contributed by atoms with Crippen molar-refractivity contribution in [2.45, 2.75) is 19.9 Å². The first-order valence-corrected chi connectivity index (χ1v) is 9.25. The molecule has 2 unspecified atom stereocenters. The molecule has 8 heteroatoms. The summed E-state index contributed by atoms with van der Waals surface area (Å²) in [5.41, 5.74) is 1.19. The Labute approximate surface area is 150 Å². The van der Waals surface area contributed by atoms with Gasteiger partial charge >= 0.3 is 12.0 Å². The van der Waals surface area contributed by atoms with Gasteiger partial charge in [-0.1, -0.05) is 13.0 Å². The zero-order valence-electron chi connectivity index (χ0n) is 14.1. The molecule has 3 rings (SSSR count). The highest BCUT2D eigenvalue weighted by Crippen LogP contribution is 2.37. The van der Waals surface area contributed by atoms with Crippen LogP contribution in [0, 0.1) is 5.92 Å². The van der Waals surface area contributed by atoms with Gasteiger partial charge in [0.1, 0.15) is 12.5 Å². The Morgan fingerprint density at radius 3 is 3.00 bits per heavy atom. The Morgan fingerprint density at radius 1 is 1.40 bits per heavy atom. The summed E-state index contributed by atoms with van der Waals surface area (Å²) in [6.45, 7) is 4.22. The summed E-state index contributed by atoms with van der Waals surface area (Å²) in [5.74, 6) is 1.90. The Kier molecular flexibility index (Phi) is 5.47. The summed E-state index contributed by atoms with van der Waals surface area (Å²) in [6, 6.07) is 4.34. The highest BCUT2D eigenvalue weighted by Gasteiger charge is 2.38. The van der Waals surface area contributed by atoms with E-state index in [0.717, 1.165) is 17.1 Å². The van der Waals surface area contributed by atoms with Crippen molar-refractivity contribution in [3.63, 3.8) is 0 Å². The molecule has 25 heavy (non-hydrogen) atoms. The van der Waals surface area contributed by atoms with E-state index in [1.54, 1.807) is 30.8 Å². The molecule has 0 saturated carbocycles. The maximum Gasteiger partial charge on any atom is 0.341 e. The van der Waals surface area contributed by atoms with Crippen molar-refractivity contribution in [2.24, 2.45) is 10.9 Å². The summed E-state index contributed by atoms with van der Waals surface area (Å²) in [5, 5.41) is 2.76. The molecular formula is C17H20N2O5S. The van der Waals surface area contributed by atoms with Gasteiger partial charge < -0.3 is 19.5 Å². The monoisotopic (exact) mass is 364 g/mol. The number of rotatable bonds is 6. The lowest BCUT2D eigenvalue weighted by molar-refractivity contribution is -0.146. The average Bonchev–Trinajstić information content (AvgIpc) is 3.05. The molecule has 0 radical (unpaired) electrons. The highest BCUT2D eigenvalue weighted by atomic mass is 32.2. The molecule has 0 aliphatic carbocycles. The number of esters is 1. The van der Waals surface area contributed by atoms with Gasteiger partial charge in [0.15, 0.2) is 11.5 Å². The van der Waals surface area contributed by atoms with Gasteiger partial charge in [-0.2, -0.15) is 11.8 Å². The smallest absolute Gasteiger partial charge is 0.341 e. The average molecular weight is 364 g/mol. The van der Waals surface area contributed by atoms with E-state index in [4.69, 9.17) is 14.2 Å². The number of nitrogens with zero attached hydrogens (tertiary/aromatic N) is 1. The van der Waals surface area contributed by atoms with E-state index in [2.05, 4.69) is 17.2 Å². The van der Waals surface area contributed by atoms with Gasteiger partial charge in [-0.15, -0.1) is 0 Å². The van der Waals surface area contributed by atoms with Gasteiger partial charge in [-0.25, -0.2) is 9.79 Å². The number of urea groups is 1. The molecule has 0 saturated heterocycles. The van der Waals surface area contributed by atoms with Crippen molar-refractivity contribution in [2.75, 3.05) is 24.9 Å². The minimum atomic E-state index is -0.662. The van der Waals surface area contributed by atoms with Crippen molar-refractivity contribution >= 4 is 29.5 Å². The molecule has 1 N–H and O–H groups in total. The van der Waals surface area contributed by atoms with E-state index in [1.807, 2.05) is 6.07 Å². The maximum atomic E-state index is 12.6. The third kappa shape index (κ3) is 3.89. The maximum absolute atomic E-state index is 12.6. The first-order chi connectivity index (χ1) is 12.1. The Hall–Kier alpha value is -2.22. The molecule has 0 bridgehead atoms. The summed E-state index contributed by atoms with van der Waals surface area (Å²) in [6.07, 6.45) is 0. The zero-order valence-corrected chi connectivity index (χ0v) is 14.9. The summed E-state index contributed by atoms with van der Waals surface area (Å²) >= 11 is 1.70. The van der Waals surface area contributed by atoms with Gasteiger partial charge in [-0.05, 0) is 30.4 Å². The van der Waals surface area contributed by atoms with Crippen LogP contribution in [-0.2, 0) is 9.53 Å². The van der Waals surface area contributed by atoms with Crippen LogP contribution in [-0.4, -0.2) is 42.6 Å². The van der Waals surface area contributed by atoms with Crippen molar-refractivity contribution in [3.8, 4) is 11.5 Å². The van der Waals surface area contributed by atoms with Crippen LogP contribution in [0.4, 0.5) is 4.79 Å². The molecule has 2 aliphatic rings. The molecule has 0 spiro atoms. The topological polar surface area (TPSA) is 86.2 Å². The number of fused-ring (bicyclic) bond motifs is 1. The van der Waals surface area contributed by atoms with E-state index in [-0.39, 0.29) is 12.8 Å². The van der Waals surface area contributed by atoms with Gasteiger partial charge in [0.05, 0.1) is 6.04 Å². The van der Waals surface area contributed by atoms with Crippen LogP contribution in [0.5, 0.6) is 11.5 Å². The zero-order chi connectivity index (χ0) is 17.8. The second-order valence-corrected chi connectivity index (χ2v) is 7.03. The third-order valence-electron chi connectivity index (χ3n) is 4.03. The lowest BCUT2D eigenvalue weighted by atomic mass is 9.88. The molecule has 7 nitrogen and oxygen atoms in total. The molecule has 2 atom stereocenters. The normalized spacial score (nSPS) is 21.5. The van der Waals surface area contributed by atoms with Crippen LogP contribution in [0.15, 0.2) is 23.2 Å². The Bertz CT molecular complexity index is 706. The van der Waals surface area contributed by atoms with Crippen molar-refractivity contribution in [1.29, 1.82) is 0 Å². The van der Waals surface area contributed by atoms with Crippen LogP contribution in [0.2, 0.25) is 0 Å². The Balaban J connectivity index is 1.81. The quantitative estimate of drug-likeness (QED) is 0.617. The fourth-order valence-electron chi connectivity index (χ4n) is 2.84. The number of carbonyl (C=O) groups excluding carboxylic acids is 2. The molecule has 134 valence electrons. The van der Waals surface area contributed by atoms with Crippen LogP contribution in [0.3, 0.4) is 0 Å². The number of thioether (sulfide) groups is 1. The van der Waals surface area contributed by atoms with Crippen LogP contribution in [0.1, 0.15) is 25.5 Å². The van der Waals surface area contributed by atoms with Crippen LogP contribution in [0.25, 0.3) is 0 Å². The van der Waals surface area contributed by atoms with Gasteiger partial charge in [0.2, 0.25) is 6.79 Å². The summed E-state index contributed by atoms with van der Waals surface area (Å²) in [7, 11) is 0. The molecule has 1 aromatic rings. The number of ether oxygens (including phenoxy) is 3. The minimum Gasteiger partial charge on any atom is -0.464 e. The predicted molar refractivity (Wildman–Crippen MR) is 94.4 cm³/mol. The number of amides is 2. The van der Waals surface area contributed by atoms with Gasteiger partial charge in [-0.3, -0.25) is 4.79 Å². The van der Waals surface area contributed by atoms with Crippen LogP contribution >= 0.6 is 11.8 Å². The van der Waals surface area contributed by atoms with E-state index in [1.165, 1.54) is 0 Å². The largest absolute Gasteiger partial charge is 0.464 e. The van der Waals surface area contributed by atoms with E-state index in [9.17, 15) is 9.59 Å². The summed E-state index contributed by atoms with van der Waals surface area (Å²) < 4.78 is 16.1. The van der Waals surface area contributed by atoms with Crippen molar-refractivity contribution < 1.29 is 23.8 Å². The van der Waals surface area contributed by atoms with Gasteiger partial charge in [0.25, 0.3) is 0 Å². The molecule has 0 fully saturated rings. The van der Waals surface area contributed by atoms with Crippen molar-refractivity contribution in [1.82, 2.24) is 5.32 Å². The molecule has 0 aromatic heterocycles. The molecular weight excluding hydrogens is 344 g/mol. The molecule has 1 aromatic carbocycles. The predicted octanol–water partition coefficient (Wildman–Crippen LogP) is 2.55. The third-order valence-corrected chi connectivity index (χ3v) is 4.89. The van der Waals surface area contributed by atoms with E-state index in [0.29, 0.717) is 23.8 Å². The number of carbonyl (C=O) groups is 2.